The Morgan fingerprint density at radius 2 is 1.70 bits per heavy atom. The lowest BCUT2D eigenvalue weighted by Crippen LogP contribution is -2.28. The highest BCUT2D eigenvalue weighted by atomic mass is 35.5. The Bertz CT molecular complexity index is 590. The Kier molecular flexibility index (Phi) is 4.84. The molecule has 1 unspecified atom stereocenters. The topological polar surface area (TPSA) is 56.5 Å². The van der Waals surface area contributed by atoms with E-state index in [1.54, 1.807) is 14.2 Å². The summed E-state index contributed by atoms with van der Waals surface area (Å²) < 4.78 is 10.5. The number of hydrogen-bond donors (Lipinski definition) is 2. The highest BCUT2D eigenvalue weighted by Gasteiger charge is 2.15. The third-order valence-corrected chi connectivity index (χ3v) is 3.32. The summed E-state index contributed by atoms with van der Waals surface area (Å²) in [6, 6.07) is 13.1. The summed E-state index contributed by atoms with van der Waals surface area (Å²) >= 11 is 6.03. The lowest BCUT2D eigenvalue weighted by atomic mass is 9.99. The van der Waals surface area contributed by atoms with E-state index in [4.69, 9.17) is 26.9 Å². The van der Waals surface area contributed by atoms with Gasteiger partial charge in [0, 0.05) is 5.02 Å². The molecular formula is C15H17ClN2O2. The zero-order chi connectivity index (χ0) is 14.5. The number of benzene rings is 2. The van der Waals surface area contributed by atoms with Gasteiger partial charge in [-0.25, -0.2) is 5.43 Å². The molecule has 2 aromatic carbocycles. The van der Waals surface area contributed by atoms with Crippen LogP contribution < -0.4 is 20.7 Å². The lowest BCUT2D eigenvalue weighted by Gasteiger charge is -2.18. The van der Waals surface area contributed by atoms with Crippen molar-refractivity contribution >= 4 is 11.6 Å². The van der Waals surface area contributed by atoms with Gasteiger partial charge in [0.15, 0.2) is 11.5 Å². The first kappa shape index (κ1) is 14.7. The van der Waals surface area contributed by atoms with Crippen LogP contribution in [0.25, 0.3) is 0 Å². The van der Waals surface area contributed by atoms with Crippen LogP contribution in [0.2, 0.25) is 5.02 Å². The second-order valence-corrected chi connectivity index (χ2v) is 4.71. The van der Waals surface area contributed by atoms with E-state index >= 15 is 0 Å². The average molecular weight is 293 g/mol. The SMILES string of the molecule is COc1ccc(C(NN)c2cccc(Cl)c2)cc1OC. The minimum Gasteiger partial charge on any atom is -0.493 e. The molecule has 0 aliphatic rings. The molecule has 0 amide bonds. The minimum atomic E-state index is -0.173. The molecule has 2 aromatic rings. The average Bonchev–Trinajstić information content (AvgIpc) is 2.48. The summed E-state index contributed by atoms with van der Waals surface area (Å²) in [6.07, 6.45) is 0. The van der Waals surface area contributed by atoms with E-state index in [2.05, 4.69) is 5.43 Å². The number of rotatable bonds is 5. The van der Waals surface area contributed by atoms with Crippen molar-refractivity contribution in [3.63, 3.8) is 0 Å². The molecule has 0 radical (unpaired) electrons. The number of nitrogens with two attached hydrogens (primary N) is 1. The Morgan fingerprint density at radius 1 is 1.00 bits per heavy atom. The number of hydrazine groups is 1. The Labute approximate surface area is 123 Å². The molecule has 3 N–H and O–H groups in total. The monoisotopic (exact) mass is 292 g/mol. The fourth-order valence-electron chi connectivity index (χ4n) is 2.10. The van der Waals surface area contributed by atoms with E-state index in [0.29, 0.717) is 16.5 Å². The van der Waals surface area contributed by atoms with Crippen molar-refractivity contribution in [1.29, 1.82) is 0 Å². The van der Waals surface area contributed by atoms with Gasteiger partial charge in [-0.05, 0) is 35.4 Å². The fraction of sp³-hybridized carbons (Fsp3) is 0.200. The van der Waals surface area contributed by atoms with Gasteiger partial charge in [-0.2, -0.15) is 0 Å². The van der Waals surface area contributed by atoms with Gasteiger partial charge in [0.25, 0.3) is 0 Å². The molecule has 0 saturated carbocycles. The molecule has 0 spiro atoms. The van der Waals surface area contributed by atoms with Gasteiger partial charge in [0.05, 0.1) is 20.3 Å². The fourth-order valence-corrected chi connectivity index (χ4v) is 2.30. The van der Waals surface area contributed by atoms with Gasteiger partial charge in [-0.3, -0.25) is 5.84 Å². The van der Waals surface area contributed by atoms with E-state index < -0.39 is 0 Å². The lowest BCUT2D eigenvalue weighted by molar-refractivity contribution is 0.354. The minimum absolute atomic E-state index is 0.173. The van der Waals surface area contributed by atoms with Gasteiger partial charge >= 0.3 is 0 Å². The molecule has 1 atom stereocenters. The molecule has 0 bridgehead atoms. The van der Waals surface area contributed by atoms with E-state index in [1.807, 2.05) is 42.5 Å². The third-order valence-electron chi connectivity index (χ3n) is 3.09. The predicted octanol–water partition coefficient (Wildman–Crippen LogP) is 2.91. The molecule has 0 fully saturated rings. The molecule has 0 aliphatic carbocycles. The second kappa shape index (κ2) is 6.61. The van der Waals surface area contributed by atoms with Crippen LogP contribution >= 0.6 is 11.6 Å². The first-order chi connectivity index (χ1) is 9.69. The zero-order valence-corrected chi connectivity index (χ0v) is 12.1. The zero-order valence-electron chi connectivity index (χ0n) is 11.4. The predicted molar refractivity (Wildman–Crippen MR) is 80.2 cm³/mol. The molecule has 0 saturated heterocycles. The third kappa shape index (κ3) is 3.04. The summed E-state index contributed by atoms with van der Waals surface area (Å²) in [6.45, 7) is 0. The van der Waals surface area contributed by atoms with Crippen molar-refractivity contribution in [2.24, 2.45) is 5.84 Å². The Hall–Kier alpha value is -1.75. The second-order valence-electron chi connectivity index (χ2n) is 4.27. The largest absolute Gasteiger partial charge is 0.493 e. The quantitative estimate of drug-likeness (QED) is 0.657. The summed E-state index contributed by atoms with van der Waals surface area (Å²) in [4.78, 5) is 0. The molecule has 4 nitrogen and oxygen atoms in total. The van der Waals surface area contributed by atoms with Gasteiger partial charge in [-0.1, -0.05) is 29.8 Å². The summed E-state index contributed by atoms with van der Waals surface area (Å²) in [5.74, 6) is 7.02. The molecule has 5 heteroatoms. The number of methoxy groups -OCH3 is 2. The Morgan fingerprint density at radius 3 is 2.30 bits per heavy atom. The number of ether oxygens (including phenoxy) is 2. The molecule has 0 aliphatic heterocycles. The van der Waals surface area contributed by atoms with Crippen molar-refractivity contribution in [3.8, 4) is 11.5 Å². The van der Waals surface area contributed by atoms with Gasteiger partial charge in [0.2, 0.25) is 0 Å². The van der Waals surface area contributed by atoms with Crippen LogP contribution in [0.3, 0.4) is 0 Å². The van der Waals surface area contributed by atoms with Crippen LogP contribution in [0, 0.1) is 0 Å². The molecule has 106 valence electrons. The summed E-state index contributed by atoms with van der Waals surface area (Å²) in [5.41, 5.74) is 4.74. The van der Waals surface area contributed by atoms with Gasteiger partial charge in [-0.15, -0.1) is 0 Å². The first-order valence-corrected chi connectivity index (χ1v) is 6.51. The number of halogens is 1. The maximum atomic E-state index is 6.03. The first-order valence-electron chi connectivity index (χ1n) is 6.13. The summed E-state index contributed by atoms with van der Waals surface area (Å²) in [7, 11) is 3.21. The molecule has 2 rings (SSSR count). The van der Waals surface area contributed by atoms with E-state index in [1.165, 1.54) is 0 Å². The Balaban J connectivity index is 2.41. The van der Waals surface area contributed by atoms with Crippen LogP contribution in [0.4, 0.5) is 0 Å². The highest BCUT2D eigenvalue weighted by Crippen LogP contribution is 2.32. The van der Waals surface area contributed by atoms with Crippen molar-refractivity contribution < 1.29 is 9.47 Å². The van der Waals surface area contributed by atoms with Crippen molar-refractivity contribution in [2.75, 3.05) is 14.2 Å². The van der Waals surface area contributed by atoms with Crippen LogP contribution in [0.5, 0.6) is 11.5 Å². The molecular weight excluding hydrogens is 276 g/mol. The van der Waals surface area contributed by atoms with E-state index in [0.717, 1.165) is 11.1 Å². The normalized spacial score (nSPS) is 12.0. The molecule has 20 heavy (non-hydrogen) atoms. The maximum absolute atomic E-state index is 6.03. The van der Waals surface area contributed by atoms with Gasteiger partial charge in [0.1, 0.15) is 0 Å². The molecule has 0 heterocycles. The highest BCUT2D eigenvalue weighted by molar-refractivity contribution is 6.30. The molecule has 0 aromatic heterocycles. The van der Waals surface area contributed by atoms with Crippen LogP contribution in [-0.4, -0.2) is 14.2 Å². The van der Waals surface area contributed by atoms with Crippen molar-refractivity contribution in [3.05, 3.63) is 58.6 Å². The van der Waals surface area contributed by atoms with Gasteiger partial charge < -0.3 is 9.47 Å². The smallest absolute Gasteiger partial charge is 0.161 e. The van der Waals surface area contributed by atoms with Crippen molar-refractivity contribution in [2.45, 2.75) is 6.04 Å². The van der Waals surface area contributed by atoms with E-state index in [-0.39, 0.29) is 6.04 Å². The standard InChI is InChI=1S/C15H17ClN2O2/c1-19-13-7-6-11(9-14(13)20-2)15(18-17)10-4-3-5-12(16)8-10/h3-9,15,18H,17H2,1-2H3. The van der Waals surface area contributed by atoms with Crippen molar-refractivity contribution in [1.82, 2.24) is 5.43 Å². The maximum Gasteiger partial charge on any atom is 0.161 e. The number of hydrogen-bond acceptors (Lipinski definition) is 4. The van der Waals surface area contributed by atoms with Crippen LogP contribution in [0.15, 0.2) is 42.5 Å². The van der Waals surface area contributed by atoms with E-state index in [9.17, 15) is 0 Å². The van der Waals surface area contributed by atoms with Crippen LogP contribution in [0.1, 0.15) is 17.2 Å². The number of nitrogens with one attached hydrogen (secondary N) is 1. The summed E-state index contributed by atoms with van der Waals surface area (Å²) in [5, 5.41) is 0.670. The van der Waals surface area contributed by atoms with Crippen LogP contribution in [-0.2, 0) is 0 Å².